The second kappa shape index (κ2) is 5.86. The molecule has 1 aromatic heterocycles. The molecule has 0 spiro atoms. The van der Waals surface area contributed by atoms with Crippen molar-refractivity contribution < 1.29 is 13.7 Å². The first kappa shape index (κ1) is 14.9. The Labute approximate surface area is 119 Å². The van der Waals surface area contributed by atoms with Gasteiger partial charge in [0.25, 0.3) is 12.1 Å². The predicted octanol–water partition coefficient (Wildman–Crippen LogP) is 3.19. The van der Waals surface area contributed by atoms with Gasteiger partial charge >= 0.3 is 0 Å². The molecule has 0 radical (unpaired) electrons. The molecule has 0 fully saturated rings. The van der Waals surface area contributed by atoms with Crippen molar-refractivity contribution in [3.63, 3.8) is 0 Å². The molecule has 2 rings (SSSR count). The van der Waals surface area contributed by atoms with E-state index >= 15 is 0 Å². The molecule has 21 heavy (non-hydrogen) atoms. The van der Waals surface area contributed by atoms with Gasteiger partial charge in [-0.05, 0) is 13.0 Å². The van der Waals surface area contributed by atoms with Crippen LogP contribution < -0.4 is 5.32 Å². The highest BCUT2D eigenvalue weighted by atomic mass is 19.3. The molecule has 0 saturated carbocycles. The number of hydrogen-bond donors (Lipinski definition) is 1. The monoisotopic (exact) mass is 296 g/mol. The molecule has 0 aliphatic carbocycles. The molecule has 0 atom stereocenters. The Morgan fingerprint density at radius 1 is 1.48 bits per heavy atom. The standard InChI is InChI=1S/C13H14F2N4O2/c1-8-9(7-17-18(8)2)6-16-12-4-3-10(19(20)21)5-11(12)13(14)15/h3-5,7,13,16H,6H2,1-2H3. The lowest BCUT2D eigenvalue weighted by atomic mass is 10.1. The van der Waals surface area contributed by atoms with E-state index in [0.29, 0.717) is 6.54 Å². The molecule has 8 heteroatoms. The molecular weight excluding hydrogens is 282 g/mol. The highest BCUT2D eigenvalue weighted by Crippen LogP contribution is 2.31. The first-order chi connectivity index (χ1) is 9.90. The first-order valence-corrected chi connectivity index (χ1v) is 6.18. The molecular formula is C13H14F2N4O2. The van der Waals surface area contributed by atoms with Crippen LogP contribution in [0.1, 0.15) is 23.2 Å². The van der Waals surface area contributed by atoms with Crippen LogP contribution in [0.15, 0.2) is 24.4 Å². The third kappa shape index (κ3) is 3.15. The van der Waals surface area contributed by atoms with Crippen molar-refractivity contribution in [3.8, 4) is 0 Å². The molecule has 0 aliphatic heterocycles. The summed E-state index contributed by atoms with van der Waals surface area (Å²) in [5.74, 6) is 0. The summed E-state index contributed by atoms with van der Waals surface area (Å²) in [4.78, 5) is 9.95. The number of anilines is 1. The fourth-order valence-electron chi connectivity index (χ4n) is 1.91. The van der Waals surface area contributed by atoms with Gasteiger partial charge in [0.15, 0.2) is 0 Å². The maximum Gasteiger partial charge on any atom is 0.270 e. The number of nitro groups is 1. The van der Waals surface area contributed by atoms with Crippen molar-refractivity contribution in [3.05, 3.63) is 51.3 Å². The van der Waals surface area contributed by atoms with Gasteiger partial charge < -0.3 is 5.32 Å². The Morgan fingerprint density at radius 3 is 2.71 bits per heavy atom. The molecule has 0 aliphatic rings. The molecule has 1 heterocycles. The molecule has 1 aromatic carbocycles. The minimum absolute atomic E-state index is 0.179. The number of benzene rings is 1. The zero-order chi connectivity index (χ0) is 15.6. The summed E-state index contributed by atoms with van der Waals surface area (Å²) in [5, 5.41) is 17.6. The highest BCUT2D eigenvalue weighted by molar-refractivity contribution is 5.56. The maximum absolute atomic E-state index is 13.0. The largest absolute Gasteiger partial charge is 0.380 e. The number of aromatic nitrogens is 2. The molecule has 2 aromatic rings. The van der Waals surface area contributed by atoms with Crippen molar-refractivity contribution in [2.75, 3.05) is 5.32 Å². The third-order valence-electron chi connectivity index (χ3n) is 3.29. The zero-order valence-electron chi connectivity index (χ0n) is 11.5. The third-order valence-corrected chi connectivity index (χ3v) is 3.29. The van der Waals surface area contributed by atoms with Crippen LogP contribution in [-0.4, -0.2) is 14.7 Å². The smallest absolute Gasteiger partial charge is 0.270 e. The second-order valence-corrected chi connectivity index (χ2v) is 4.56. The van der Waals surface area contributed by atoms with Gasteiger partial charge in [-0.25, -0.2) is 8.78 Å². The van der Waals surface area contributed by atoms with Crippen molar-refractivity contribution in [2.45, 2.75) is 19.9 Å². The van der Waals surface area contributed by atoms with Gasteiger partial charge in [-0.1, -0.05) is 0 Å². The van der Waals surface area contributed by atoms with E-state index in [-0.39, 0.29) is 16.9 Å². The van der Waals surface area contributed by atoms with E-state index in [1.807, 2.05) is 6.92 Å². The van der Waals surface area contributed by atoms with Crippen molar-refractivity contribution in [1.29, 1.82) is 0 Å². The molecule has 0 bridgehead atoms. The number of nitrogens with zero attached hydrogens (tertiary/aromatic N) is 3. The fraction of sp³-hybridized carbons (Fsp3) is 0.308. The van der Waals surface area contributed by atoms with Crippen LogP contribution in [0.2, 0.25) is 0 Å². The summed E-state index contributed by atoms with van der Waals surface area (Å²) in [6.45, 7) is 2.19. The quantitative estimate of drug-likeness (QED) is 0.679. The summed E-state index contributed by atoms with van der Waals surface area (Å²) in [5.41, 5.74) is 1.23. The number of halogens is 2. The van der Waals surface area contributed by atoms with Crippen LogP contribution in [0, 0.1) is 17.0 Å². The van der Waals surface area contributed by atoms with Gasteiger partial charge in [0.1, 0.15) is 0 Å². The van der Waals surface area contributed by atoms with Gasteiger partial charge in [-0.2, -0.15) is 5.10 Å². The Hall–Kier alpha value is -2.51. The average Bonchev–Trinajstić information content (AvgIpc) is 2.76. The Kier molecular flexibility index (Phi) is 4.15. The highest BCUT2D eigenvalue weighted by Gasteiger charge is 2.18. The molecule has 1 N–H and O–H groups in total. The number of nitro benzene ring substituents is 1. The number of nitrogens with one attached hydrogen (secondary N) is 1. The molecule has 6 nitrogen and oxygen atoms in total. The SMILES string of the molecule is Cc1c(CNc2ccc([N+](=O)[O-])cc2C(F)F)cnn1C. The van der Waals surface area contributed by atoms with Gasteiger partial charge in [0, 0.05) is 48.2 Å². The molecule has 112 valence electrons. The number of aryl methyl sites for hydroxylation is 1. The van der Waals surface area contributed by atoms with E-state index in [4.69, 9.17) is 0 Å². The van der Waals surface area contributed by atoms with Crippen LogP contribution in [0.4, 0.5) is 20.2 Å². The van der Waals surface area contributed by atoms with Crippen LogP contribution >= 0.6 is 0 Å². The summed E-state index contributed by atoms with van der Waals surface area (Å²) in [6.07, 6.45) is -1.14. The lowest BCUT2D eigenvalue weighted by Crippen LogP contribution is -2.04. The van der Waals surface area contributed by atoms with Gasteiger partial charge in [0.2, 0.25) is 0 Å². The molecule has 0 saturated heterocycles. The maximum atomic E-state index is 13.0. The Bertz CT molecular complexity index is 670. The van der Waals surface area contributed by atoms with Crippen molar-refractivity contribution in [2.24, 2.45) is 7.05 Å². The summed E-state index contributed by atoms with van der Waals surface area (Å²) >= 11 is 0. The van der Waals surface area contributed by atoms with Crippen molar-refractivity contribution in [1.82, 2.24) is 9.78 Å². The molecule has 0 unspecified atom stereocenters. The second-order valence-electron chi connectivity index (χ2n) is 4.56. The van der Waals surface area contributed by atoms with Crippen molar-refractivity contribution >= 4 is 11.4 Å². The van der Waals surface area contributed by atoms with E-state index in [1.165, 1.54) is 12.1 Å². The topological polar surface area (TPSA) is 73.0 Å². The summed E-state index contributed by atoms with van der Waals surface area (Å²) in [7, 11) is 1.79. The van der Waals surface area contributed by atoms with E-state index in [0.717, 1.165) is 17.3 Å². The fourth-order valence-corrected chi connectivity index (χ4v) is 1.91. The number of alkyl halides is 2. The predicted molar refractivity (Wildman–Crippen MR) is 73.3 cm³/mol. The first-order valence-electron chi connectivity index (χ1n) is 6.18. The van der Waals surface area contributed by atoms with Crippen LogP contribution in [-0.2, 0) is 13.6 Å². The van der Waals surface area contributed by atoms with Crippen LogP contribution in [0.5, 0.6) is 0 Å². The van der Waals surface area contributed by atoms with E-state index in [9.17, 15) is 18.9 Å². The van der Waals surface area contributed by atoms with Gasteiger partial charge in [0.05, 0.1) is 11.1 Å². The Morgan fingerprint density at radius 2 is 2.19 bits per heavy atom. The zero-order valence-corrected chi connectivity index (χ0v) is 11.5. The van der Waals surface area contributed by atoms with E-state index in [2.05, 4.69) is 10.4 Å². The van der Waals surface area contributed by atoms with E-state index < -0.39 is 11.3 Å². The minimum Gasteiger partial charge on any atom is -0.380 e. The number of hydrogen-bond acceptors (Lipinski definition) is 4. The summed E-state index contributed by atoms with van der Waals surface area (Å²) in [6, 6.07) is 3.39. The summed E-state index contributed by atoms with van der Waals surface area (Å²) < 4.78 is 27.7. The number of rotatable bonds is 5. The van der Waals surface area contributed by atoms with Gasteiger partial charge in [-0.15, -0.1) is 0 Å². The van der Waals surface area contributed by atoms with Crippen LogP contribution in [0.3, 0.4) is 0 Å². The molecule has 0 amide bonds. The number of non-ortho nitro benzene ring substituents is 1. The van der Waals surface area contributed by atoms with Gasteiger partial charge in [-0.3, -0.25) is 14.8 Å². The van der Waals surface area contributed by atoms with E-state index in [1.54, 1.807) is 17.9 Å². The average molecular weight is 296 g/mol. The Balaban J connectivity index is 2.23. The minimum atomic E-state index is -2.79. The van der Waals surface area contributed by atoms with Crippen LogP contribution in [0.25, 0.3) is 0 Å². The normalized spacial score (nSPS) is 10.9. The lowest BCUT2D eigenvalue weighted by molar-refractivity contribution is -0.385. The lowest BCUT2D eigenvalue weighted by Gasteiger charge is -2.11.